The summed E-state index contributed by atoms with van der Waals surface area (Å²) < 4.78 is 7.25. The summed E-state index contributed by atoms with van der Waals surface area (Å²) in [7, 11) is 1.58. The molecule has 0 radical (unpaired) electrons. The number of thiocarbonyl (C=S) groups is 1. The predicted molar refractivity (Wildman–Crippen MR) is 145 cm³/mol. The number of aromatic nitrogens is 3. The largest absolute Gasteiger partial charge is 0.481 e. The van der Waals surface area contributed by atoms with Crippen molar-refractivity contribution in [3.63, 3.8) is 0 Å². The fourth-order valence-corrected chi connectivity index (χ4v) is 4.20. The van der Waals surface area contributed by atoms with Crippen LogP contribution in [0, 0.1) is 11.3 Å². The van der Waals surface area contributed by atoms with E-state index in [0.29, 0.717) is 41.2 Å². The van der Waals surface area contributed by atoms with E-state index in [-0.39, 0.29) is 0 Å². The van der Waals surface area contributed by atoms with Gasteiger partial charge in [0.2, 0.25) is 5.88 Å². The van der Waals surface area contributed by atoms with Crippen LogP contribution in [0.1, 0.15) is 22.4 Å². The van der Waals surface area contributed by atoms with E-state index in [0.717, 1.165) is 28.9 Å². The Kier molecular flexibility index (Phi) is 8.50. The third kappa shape index (κ3) is 6.81. The minimum atomic E-state index is 0.540. The fraction of sp³-hybridized carbons (Fsp3) is 0.185. The molecular formula is C27H25ClN6OS. The Morgan fingerprint density at radius 2 is 1.97 bits per heavy atom. The molecule has 0 saturated carbocycles. The molecule has 9 heteroatoms. The monoisotopic (exact) mass is 516 g/mol. The van der Waals surface area contributed by atoms with Gasteiger partial charge in [0.1, 0.15) is 0 Å². The van der Waals surface area contributed by atoms with Crippen molar-refractivity contribution in [2.24, 2.45) is 0 Å². The van der Waals surface area contributed by atoms with Gasteiger partial charge in [0.25, 0.3) is 0 Å². The summed E-state index contributed by atoms with van der Waals surface area (Å²) in [6.07, 6.45) is 6.13. The Balaban J connectivity index is 1.47. The van der Waals surface area contributed by atoms with Gasteiger partial charge >= 0.3 is 0 Å². The van der Waals surface area contributed by atoms with Crippen LogP contribution in [0.25, 0.3) is 0 Å². The molecule has 7 nitrogen and oxygen atoms in total. The summed E-state index contributed by atoms with van der Waals surface area (Å²) >= 11 is 12.0. The van der Waals surface area contributed by atoms with Gasteiger partial charge in [0, 0.05) is 49.0 Å². The second-order valence-electron chi connectivity index (χ2n) is 8.14. The molecule has 0 unspecified atom stereocenters. The number of methoxy groups -OCH3 is 1. The molecule has 2 aromatic heterocycles. The lowest BCUT2D eigenvalue weighted by molar-refractivity contribution is 0.398. The molecule has 4 aromatic rings. The molecular weight excluding hydrogens is 492 g/mol. The van der Waals surface area contributed by atoms with Gasteiger partial charge in [-0.1, -0.05) is 35.9 Å². The number of nitrogens with zero attached hydrogens (tertiary/aromatic N) is 5. The van der Waals surface area contributed by atoms with Crippen molar-refractivity contribution in [3.05, 3.63) is 107 Å². The van der Waals surface area contributed by atoms with Crippen molar-refractivity contribution >= 4 is 34.6 Å². The summed E-state index contributed by atoms with van der Waals surface area (Å²) in [5.74, 6) is 0.540. The van der Waals surface area contributed by atoms with E-state index in [1.54, 1.807) is 19.4 Å². The van der Waals surface area contributed by atoms with Gasteiger partial charge in [-0.25, -0.2) is 9.97 Å². The summed E-state index contributed by atoms with van der Waals surface area (Å²) in [6.45, 7) is 1.94. The van der Waals surface area contributed by atoms with E-state index < -0.39 is 0 Å². The SMILES string of the molecule is COc1ccc(NC(=S)N(CCc2cncn2Cc2ccc(C#N)cc2)Cc2cccc(Cl)c2)cn1. The minimum absolute atomic E-state index is 0.540. The topological polar surface area (TPSA) is 79.0 Å². The van der Waals surface area contributed by atoms with Crippen molar-refractivity contribution in [1.29, 1.82) is 5.26 Å². The molecule has 2 aromatic carbocycles. The van der Waals surface area contributed by atoms with Gasteiger partial charge in [-0.15, -0.1) is 0 Å². The molecule has 0 aliphatic heterocycles. The molecule has 0 bridgehead atoms. The summed E-state index contributed by atoms with van der Waals surface area (Å²) in [6, 6.07) is 21.2. The van der Waals surface area contributed by atoms with Crippen molar-refractivity contribution < 1.29 is 4.74 Å². The van der Waals surface area contributed by atoms with Crippen molar-refractivity contribution in [2.75, 3.05) is 19.0 Å². The summed E-state index contributed by atoms with van der Waals surface area (Å²) in [5, 5.41) is 13.6. The zero-order valence-corrected chi connectivity index (χ0v) is 21.3. The third-order valence-electron chi connectivity index (χ3n) is 5.62. The number of rotatable bonds is 9. The van der Waals surface area contributed by atoms with E-state index in [9.17, 15) is 0 Å². The smallest absolute Gasteiger partial charge is 0.213 e. The van der Waals surface area contributed by atoms with Crippen LogP contribution in [0.3, 0.4) is 0 Å². The molecule has 0 amide bonds. The highest BCUT2D eigenvalue weighted by Gasteiger charge is 2.14. The zero-order chi connectivity index (χ0) is 25.3. The molecule has 0 spiro atoms. The lowest BCUT2D eigenvalue weighted by Gasteiger charge is -2.26. The number of anilines is 1. The Bertz CT molecular complexity index is 1350. The van der Waals surface area contributed by atoms with Crippen molar-refractivity contribution in [2.45, 2.75) is 19.5 Å². The highest BCUT2D eigenvalue weighted by atomic mass is 35.5. The molecule has 0 fully saturated rings. The lowest BCUT2D eigenvalue weighted by Crippen LogP contribution is -2.36. The molecule has 182 valence electrons. The van der Waals surface area contributed by atoms with Gasteiger partial charge in [0.05, 0.1) is 37.0 Å². The second kappa shape index (κ2) is 12.2. The minimum Gasteiger partial charge on any atom is -0.481 e. The Hall–Kier alpha value is -3.93. The standard InChI is InChI=1S/C27H25ClN6OS/c1-35-26-10-9-24(15-31-26)32-27(36)33(18-22-3-2-4-23(28)13-22)12-11-25-16-30-19-34(25)17-21-7-5-20(14-29)6-8-21/h2-10,13,15-16,19H,11-12,17-18H2,1H3,(H,32,36). The number of imidazole rings is 1. The number of benzene rings is 2. The van der Waals surface area contributed by atoms with Gasteiger partial charge in [-0.2, -0.15) is 5.26 Å². The maximum atomic E-state index is 9.03. The van der Waals surface area contributed by atoms with Crippen LogP contribution in [-0.2, 0) is 19.5 Å². The number of hydrogen-bond acceptors (Lipinski definition) is 5. The third-order valence-corrected chi connectivity index (χ3v) is 6.21. The van der Waals surface area contributed by atoms with Gasteiger partial charge in [-0.05, 0) is 53.7 Å². The summed E-state index contributed by atoms with van der Waals surface area (Å²) in [5.41, 5.74) is 4.68. The van der Waals surface area contributed by atoms with Crippen LogP contribution in [0.2, 0.25) is 5.02 Å². The molecule has 0 saturated heterocycles. The van der Waals surface area contributed by atoms with Crippen LogP contribution >= 0.6 is 23.8 Å². The molecule has 4 rings (SSSR count). The normalized spacial score (nSPS) is 10.5. The van der Waals surface area contributed by atoms with Gasteiger partial charge in [-0.3, -0.25) is 0 Å². The van der Waals surface area contributed by atoms with E-state index in [4.69, 9.17) is 33.8 Å². The molecule has 0 aliphatic rings. The second-order valence-corrected chi connectivity index (χ2v) is 8.97. The Morgan fingerprint density at radius 1 is 1.14 bits per heavy atom. The van der Waals surface area contributed by atoms with Gasteiger partial charge < -0.3 is 19.5 Å². The summed E-state index contributed by atoms with van der Waals surface area (Å²) in [4.78, 5) is 10.7. The van der Waals surface area contributed by atoms with Crippen LogP contribution < -0.4 is 10.1 Å². The van der Waals surface area contributed by atoms with E-state index >= 15 is 0 Å². The zero-order valence-electron chi connectivity index (χ0n) is 19.8. The van der Waals surface area contributed by atoms with Crippen LogP contribution in [0.15, 0.2) is 79.4 Å². The van der Waals surface area contributed by atoms with E-state index in [2.05, 4.69) is 30.8 Å². The maximum absolute atomic E-state index is 9.03. The van der Waals surface area contributed by atoms with Crippen molar-refractivity contribution in [3.8, 4) is 11.9 Å². The van der Waals surface area contributed by atoms with Crippen LogP contribution in [-0.4, -0.2) is 38.2 Å². The van der Waals surface area contributed by atoms with Gasteiger partial charge in [0.15, 0.2) is 5.11 Å². The number of nitriles is 1. The van der Waals surface area contributed by atoms with E-state index in [1.807, 2.05) is 67.1 Å². The average Bonchev–Trinajstić information content (AvgIpc) is 3.34. The molecule has 0 aliphatic carbocycles. The number of ether oxygens (including phenoxy) is 1. The van der Waals surface area contributed by atoms with E-state index in [1.165, 1.54) is 0 Å². The number of hydrogen-bond donors (Lipinski definition) is 1. The first-order valence-corrected chi connectivity index (χ1v) is 12.1. The fourth-order valence-electron chi connectivity index (χ4n) is 3.72. The van der Waals surface area contributed by atoms with Crippen molar-refractivity contribution in [1.82, 2.24) is 19.4 Å². The maximum Gasteiger partial charge on any atom is 0.213 e. The average molecular weight is 517 g/mol. The van der Waals surface area contributed by atoms with Crippen LogP contribution in [0.5, 0.6) is 5.88 Å². The molecule has 36 heavy (non-hydrogen) atoms. The quantitative estimate of drug-likeness (QED) is 0.302. The highest BCUT2D eigenvalue weighted by Crippen LogP contribution is 2.17. The molecule has 1 N–H and O–H groups in total. The Morgan fingerprint density at radius 3 is 2.67 bits per heavy atom. The highest BCUT2D eigenvalue weighted by molar-refractivity contribution is 7.80. The first-order chi connectivity index (χ1) is 17.5. The lowest BCUT2D eigenvalue weighted by atomic mass is 10.1. The Labute approximate surface area is 220 Å². The number of pyridine rings is 1. The number of halogens is 1. The van der Waals surface area contributed by atoms with Crippen LogP contribution in [0.4, 0.5) is 5.69 Å². The first-order valence-electron chi connectivity index (χ1n) is 11.3. The first kappa shape index (κ1) is 25.2. The molecule has 0 atom stereocenters. The predicted octanol–water partition coefficient (Wildman–Crippen LogP) is 5.30. The molecule has 2 heterocycles. The number of nitrogens with one attached hydrogen (secondary N) is 1.